The number of aryl methyl sites for hydroxylation is 1. The second-order valence-electron chi connectivity index (χ2n) is 6.12. The highest BCUT2D eigenvalue weighted by Gasteiger charge is 2.14. The van der Waals surface area contributed by atoms with Crippen LogP contribution in [0.25, 0.3) is 0 Å². The minimum absolute atomic E-state index is 0.727. The molecule has 0 aromatic carbocycles. The summed E-state index contributed by atoms with van der Waals surface area (Å²) in [6.45, 7) is 13.4. The first-order valence-corrected chi connectivity index (χ1v) is 8.07. The van der Waals surface area contributed by atoms with Crippen LogP contribution in [0.15, 0.2) is 16.7 Å². The quantitative estimate of drug-likeness (QED) is 0.696. The Bertz CT molecular complexity index is 376. The standard InChI is InChI=1S/C16H27BrN2/c1-12(2)7-10-19(11-8-13(3)4)16-15(17)14(5)6-9-18-16/h6,9,12-13H,7-8,10-11H2,1-5H3. The van der Waals surface area contributed by atoms with Crippen molar-refractivity contribution in [3.63, 3.8) is 0 Å². The number of aromatic nitrogens is 1. The van der Waals surface area contributed by atoms with Crippen LogP contribution in [0.1, 0.15) is 46.1 Å². The molecule has 0 aliphatic heterocycles. The second-order valence-corrected chi connectivity index (χ2v) is 6.91. The van der Waals surface area contributed by atoms with E-state index in [0.717, 1.165) is 35.2 Å². The van der Waals surface area contributed by atoms with Gasteiger partial charge >= 0.3 is 0 Å². The average Bonchev–Trinajstić information content (AvgIpc) is 2.33. The van der Waals surface area contributed by atoms with Crippen molar-refractivity contribution in [2.24, 2.45) is 11.8 Å². The zero-order valence-corrected chi connectivity index (χ0v) is 14.5. The molecule has 108 valence electrons. The monoisotopic (exact) mass is 326 g/mol. The average molecular weight is 327 g/mol. The Labute approximate surface area is 126 Å². The number of hydrogen-bond acceptors (Lipinski definition) is 2. The van der Waals surface area contributed by atoms with Gasteiger partial charge in [0.25, 0.3) is 0 Å². The summed E-state index contributed by atoms with van der Waals surface area (Å²) in [4.78, 5) is 7.00. The molecule has 0 radical (unpaired) electrons. The van der Waals surface area contributed by atoms with E-state index in [9.17, 15) is 0 Å². The predicted molar refractivity (Wildman–Crippen MR) is 87.8 cm³/mol. The van der Waals surface area contributed by atoms with E-state index < -0.39 is 0 Å². The molecule has 3 heteroatoms. The molecule has 0 N–H and O–H groups in total. The highest BCUT2D eigenvalue weighted by molar-refractivity contribution is 9.10. The van der Waals surface area contributed by atoms with E-state index in [1.807, 2.05) is 6.20 Å². The summed E-state index contributed by atoms with van der Waals surface area (Å²) in [6.07, 6.45) is 4.33. The molecule has 0 unspecified atom stereocenters. The Morgan fingerprint density at radius 2 is 1.63 bits per heavy atom. The maximum Gasteiger partial charge on any atom is 0.143 e. The fourth-order valence-corrected chi connectivity index (χ4v) is 2.38. The topological polar surface area (TPSA) is 16.1 Å². The molecule has 0 saturated heterocycles. The fraction of sp³-hybridized carbons (Fsp3) is 0.688. The normalized spacial score (nSPS) is 11.4. The Hall–Kier alpha value is -0.570. The van der Waals surface area contributed by atoms with Crippen molar-refractivity contribution in [1.82, 2.24) is 4.98 Å². The lowest BCUT2D eigenvalue weighted by atomic mass is 10.1. The predicted octanol–water partition coefficient (Wildman–Crippen LogP) is 5.05. The van der Waals surface area contributed by atoms with E-state index in [1.165, 1.54) is 18.4 Å². The minimum Gasteiger partial charge on any atom is -0.356 e. The maximum atomic E-state index is 4.57. The molecule has 0 bridgehead atoms. The van der Waals surface area contributed by atoms with Crippen LogP contribution in [0.3, 0.4) is 0 Å². The number of nitrogens with zero attached hydrogens (tertiary/aromatic N) is 2. The Balaban J connectivity index is 2.84. The number of anilines is 1. The molecule has 0 amide bonds. The van der Waals surface area contributed by atoms with Gasteiger partial charge in [0, 0.05) is 19.3 Å². The van der Waals surface area contributed by atoms with Gasteiger partial charge in [0.2, 0.25) is 0 Å². The number of pyridine rings is 1. The summed E-state index contributed by atoms with van der Waals surface area (Å²) in [5.74, 6) is 2.55. The van der Waals surface area contributed by atoms with Gasteiger partial charge in [-0.2, -0.15) is 0 Å². The van der Waals surface area contributed by atoms with Crippen molar-refractivity contribution in [3.8, 4) is 0 Å². The van der Waals surface area contributed by atoms with Crippen LogP contribution in [0.2, 0.25) is 0 Å². The van der Waals surface area contributed by atoms with Gasteiger partial charge < -0.3 is 4.90 Å². The lowest BCUT2D eigenvalue weighted by molar-refractivity contribution is 0.532. The van der Waals surface area contributed by atoms with Crippen molar-refractivity contribution in [2.45, 2.75) is 47.5 Å². The largest absolute Gasteiger partial charge is 0.356 e. The Kier molecular flexibility index (Phi) is 6.84. The van der Waals surface area contributed by atoms with Crippen molar-refractivity contribution in [1.29, 1.82) is 0 Å². The Morgan fingerprint density at radius 1 is 1.11 bits per heavy atom. The van der Waals surface area contributed by atoms with Crippen molar-refractivity contribution >= 4 is 21.7 Å². The molecule has 0 spiro atoms. The number of hydrogen-bond donors (Lipinski definition) is 0. The number of rotatable bonds is 7. The van der Waals surface area contributed by atoms with Crippen LogP contribution in [0, 0.1) is 18.8 Å². The van der Waals surface area contributed by atoms with Gasteiger partial charge in [0.1, 0.15) is 5.82 Å². The minimum atomic E-state index is 0.727. The molecule has 1 aromatic heterocycles. The molecule has 2 nitrogen and oxygen atoms in total. The molecule has 1 aromatic rings. The molecule has 0 aliphatic rings. The van der Waals surface area contributed by atoms with Crippen LogP contribution in [0.5, 0.6) is 0 Å². The molecule has 1 heterocycles. The molecule has 0 saturated carbocycles. The van der Waals surface area contributed by atoms with Crippen LogP contribution < -0.4 is 4.90 Å². The summed E-state index contributed by atoms with van der Waals surface area (Å²) in [6, 6.07) is 2.05. The van der Waals surface area contributed by atoms with Crippen molar-refractivity contribution < 1.29 is 0 Å². The van der Waals surface area contributed by atoms with Crippen LogP contribution in [0.4, 0.5) is 5.82 Å². The van der Waals surface area contributed by atoms with E-state index in [-0.39, 0.29) is 0 Å². The van der Waals surface area contributed by atoms with Gasteiger partial charge in [-0.05, 0) is 59.2 Å². The molecule has 0 fully saturated rings. The van der Waals surface area contributed by atoms with E-state index in [2.05, 4.69) is 66.5 Å². The van der Waals surface area contributed by atoms with Crippen LogP contribution in [-0.4, -0.2) is 18.1 Å². The second kappa shape index (κ2) is 7.88. The molecular formula is C16H27BrN2. The molecule has 1 rings (SSSR count). The van der Waals surface area contributed by atoms with Crippen LogP contribution in [-0.2, 0) is 0 Å². The molecular weight excluding hydrogens is 300 g/mol. The molecule has 19 heavy (non-hydrogen) atoms. The number of halogens is 1. The van der Waals surface area contributed by atoms with Crippen molar-refractivity contribution in [2.75, 3.05) is 18.0 Å². The van der Waals surface area contributed by atoms with Gasteiger partial charge in [-0.25, -0.2) is 4.98 Å². The first-order chi connectivity index (χ1) is 8.91. The third-order valence-corrected chi connectivity index (χ3v) is 4.30. The highest BCUT2D eigenvalue weighted by atomic mass is 79.9. The highest BCUT2D eigenvalue weighted by Crippen LogP contribution is 2.27. The molecule has 0 atom stereocenters. The first-order valence-electron chi connectivity index (χ1n) is 7.27. The third-order valence-electron chi connectivity index (χ3n) is 3.32. The smallest absolute Gasteiger partial charge is 0.143 e. The SMILES string of the molecule is Cc1ccnc(N(CCC(C)C)CCC(C)C)c1Br. The van der Waals surface area contributed by atoms with E-state index in [1.54, 1.807) is 0 Å². The van der Waals surface area contributed by atoms with Gasteiger partial charge in [-0.15, -0.1) is 0 Å². The zero-order valence-electron chi connectivity index (χ0n) is 12.9. The summed E-state index contributed by atoms with van der Waals surface area (Å²) in [7, 11) is 0. The van der Waals surface area contributed by atoms with Gasteiger partial charge in [-0.3, -0.25) is 0 Å². The van der Waals surface area contributed by atoms with E-state index in [0.29, 0.717) is 0 Å². The lowest BCUT2D eigenvalue weighted by Gasteiger charge is -2.27. The Morgan fingerprint density at radius 3 is 2.11 bits per heavy atom. The van der Waals surface area contributed by atoms with Crippen LogP contribution >= 0.6 is 15.9 Å². The van der Waals surface area contributed by atoms with Crippen molar-refractivity contribution in [3.05, 3.63) is 22.3 Å². The molecule has 0 aliphatic carbocycles. The van der Waals surface area contributed by atoms with Gasteiger partial charge in [0.05, 0.1) is 4.47 Å². The fourth-order valence-electron chi connectivity index (χ4n) is 1.90. The summed E-state index contributed by atoms with van der Waals surface area (Å²) in [5.41, 5.74) is 1.25. The van der Waals surface area contributed by atoms with Gasteiger partial charge in [-0.1, -0.05) is 27.7 Å². The van der Waals surface area contributed by atoms with E-state index >= 15 is 0 Å². The van der Waals surface area contributed by atoms with E-state index in [4.69, 9.17) is 0 Å². The summed E-state index contributed by atoms with van der Waals surface area (Å²) >= 11 is 3.69. The first kappa shape index (κ1) is 16.5. The third kappa shape index (κ3) is 5.52. The lowest BCUT2D eigenvalue weighted by Crippen LogP contribution is -2.28. The zero-order chi connectivity index (χ0) is 14.4. The summed E-state index contributed by atoms with van der Waals surface area (Å²) in [5, 5.41) is 0. The van der Waals surface area contributed by atoms with Gasteiger partial charge in [0.15, 0.2) is 0 Å². The summed E-state index contributed by atoms with van der Waals surface area (Å²) < 4.78 is 1.14. The maximum absolute atomic E-state index is 4.57.